The lowest BCUT2D eigenvalue weighted by Crippen LogP contribution is -2.67. The number of carbonyl (C=O) groups excluding carboxylic acids is 1. The molecule has 0 aromatic heterocycles. The molecule has 0 aromatic rings. The Morgan fingerprint density at radius 2 is 1.04 bits per heavy atom. The molecule has 4 heterocycles. The zero-order valence-electron chi connectivity index (χ0n) is 28.5. The third-order valence-corrected chi connectivity index (χ3v) is 9.26. The molecule has 0 bridgehead atoms. The highest BCUT2D eigenvalue weighted by Gasteiger charge is 2.54. The fourth-order valence-electron chi connectivity index (χ4n) is 6.38. The van der Waals surface area contributed by atoms with Gasteiger partial charge in [0.15, 0.2) is 25.2 Å². The maximum atomic E-state index is 12.5. The third kappa shape index (κ3) is 9.06. The molecule has 19 nitrogen and oxygen atoms in total. The van der Waals surface area contributed by atoms with E-state index in [0.29, 0.717) is 0 Å². The zero-order valence-corrected chi connectivity index (χ0v) is 28.5. The predicted octanol–water partition coefficient (Wildman–Crippen LogP) is -4.70. The quantitative estimate of drug-likeness (QED) is 0.102. The van der Waals surface area contributed by atoms with Gasteiger partial charge in [-0.25, -0.2) is 0 Å². The summed E-state index contributed by atoms with van der Waals surface area (Å²) in [6.07, 6.45) is -27.4. The third-order valence-electron chi connectivity index (χ3n) is 9.26. The molecule has 1 amide bonds. The smallest absolute Gasteiger partial charge is 0.223 e. The first-order valence-corrected chi connectivity index (χ1v) is 16.3. The SMILES string of the molecule is CO[C@H]1[C@H](O[C@@H]2[C@@H](O)[C@H](C)O[C@H](O[C@@H]3[C@@H](O)[C@H](C)O[C@H](O[C@@H]4C(O)O[C@H](C)[C@@H](O)[C@@H]4O)[C@@H]3O)[C@@H]2O)O[C@H](C)[C@@H](NC(=O)CC(C)(C)O)[C@@H]1O. The Morgan fingerprint density at radius 3 is 1.53 bits per heavy atom. The van der Waals surface area contributed by atoms with Crippen molar-refractivity contribution in [3.63, 3.8) is 0 Å². The van der Waals surface area contributed by atoms with Gasteiger partial charge in [0, 0.05) is 7.11 Å². The van der Waals surface area contributed by atoms with Gasteiger partial charge in [0.25, 0.3) is 0 Å². The number of nitrogens with one attached hydrogen (secondary N) is 1. The molecule has 4 aliphatic heterocycles. The highest BCUT2D eigenvalue weighted by Crippen LogP contribution is 2.34. The number of rotatable bonds is 10. The summed E-state index contributed by atoms with van der Waals surface area (Å²) < 4.78 is 45.2. The molecule has 1 unspecified atom stereocenters. The van der Waals surface area contributed by atoms with Gasteiger partial charge in [0.1, 0.15) is 67.1 Å². The standard InChI is InChI=1S/C30H53NO18/c1-9-14(31-13(32)8-30(5,6)41)18(36)25(42-7)29(44-9)48-23-17(35)12(4)45-27(21(23)39)47-22-16(34)11(3)46-28(20(22)38)49-24-19(37)15(33)10(2)43-26(24)40/h9-12,14-29,33-41H,8H2,1-7H3,(H,31,32)/t9-,10-,11+,12+,14-,15-,16+,17+,18+,19+,20-,21-,22-,23-,24+,25-,26?,27-,28-,29+/m1/s1. The second-order valence-corrected chi connectivity index (χ2v) is 13.9. The number of hydrogen-bond acceptors (Lipinski definition) is 18. The van der Waals surface area contributed by atoms with E-state index in [4.69, 9.17) is 37.9 Å². The minimum atomic E-state index is -1.81. The summed E-state index contributed by atoms with van der Waals surface area (Å²) in [6.45, 7) is 8.79. The molecular weight excluding hydrogens is 662 g/mol. The minimum Gasteiger partial charge on any atom is -0.390 e. The Balaban J connectivity index is 1.46. The summed E-state index contributed by atoms with van der Waals surface area (Å²) >= 11 is 0. The summed E-state index contributed by atoms with van der Waals surface area (Å²) in [5, 5.41) is 99.0. The largest absolute Gasteiger partial charge is 0.390 e. The first-order chi connectivity index (χ1) is 22.7. The molecule has 4 saturated heterocycles. The summed E-state index contributed by atoms with van der Waals surface area (Å²) in [5.74, 6) is -0.545. The molecular formula is C30H53NO18. The Labute approximate surface area is 283 Å². The highest BCUT2D eigenvalue weighted by atomic mass is 16.8. The average Bonchev–Trinajstić information content (AvgIpc) is 3.00. The number of aliphatic hydroxyl groups is 9. The van der Waals surface area contributed by atoms with Crippen LogP contribution in [0.5, 0.6) is 0 Å². The molecule has 49 heavy (non-hydrogen) atoms. The fourth-order valence-corrected chi connectivity index (χ4v) is 6.38. The van der Waals surface area contributed by atoms with Gasteiger partial charge in [-0.1, -0.05) is 0 Å². The molecule has 20 atom stereocenters. The van der Waals surface area contributed by atoms with E-state index in [1.807, 2.05) is 0 Å². The molecule has 19 heteroatoms. The number of methoxy groups -OCH3 is 1. The van der Waals surface area contributed by atoms with Crippen molar-refractivity contribution < 1.29 is 88.6 Å². The van der Waals surface area contributed by atoms with Gasteiger partial charge in [0.05, 0.1) is 42.5 Å². The van der Waals surface area contributed by atoms with E-state index in [-0.39, 0.29) is 6.42 Å². The molecule has 0 aromatic carbocycles. The predicted molar refractivity (Wildman–Crippen MR) is 160 cm³/mol. The van der Waals surface area contributed by atoms with E-state index >= 15 is 0 Å². The van der Waals surface area contributed by atoms with Crippen molar-refractivity contribution in [1.29, 1.82) is 0 Å². The van der Waals surface area contributed by atoms with Gasteiger partial charge in [0.2, 0.25) is 5.91 Å². The van der Waals surface area contributed by atoms with Crippen molar-refractivity contribution in [3.8, 4) is 0 Å². The van der Waals surface area contributed by atoms with Crippen LogP contribution in [0.1, 0.15) is 48.0 Å². The Hall–Kier alpha value is -1.21. The van der Waals surface area contributed by atoms with E-state index in [1.54, 1.807) is 6.92 Å². The molecule has 10 N–H and O–H groups in total. The summed E-state index contributed by atoms with van der Waals surface area (Å²) in [4.78, 5) is 12.5. The van der Waals surface area contributed by atoms with Crippen LogP contribution in [0.15, 0.2) is 0 Å². The van der Waals surface area contributed by atoms with Gasteiger partial charge in [-0.2, -0.15) is 0 Å². The van der Waals surface area contributed by atoms with E-state index in [2.05, 4.69) is 5.32 Å². The van der Waals surface area contributed by atoms with Gasteiger partial charge >= 0.3 is 0 Å². The van der Waals surface area contributed by atoms with Gasteiger partial charge < -0.3 is 89.2 Å². The van der Waals surface area contributed by atoms with Gasteiger partial charge in [-0.05, 0) is 41.5 Å². The first-order valence-electron chi connectivity index (χ1n) is 16.3. The average molecular weight is 716 g/mol. The monoisotopic (exact) mass is 715 g/mol. The van der Waals surface area contributed by atoms with Crippen molar-refractivity contribution in [3.05, 3.63) is 0 Å². The number of hydrogen-bond donors (Lipinski definition) is 10. The van der Waals surface area contributed by atoms with E-state index in [1.165, 1.54) is 41.7 Å². The number of carbonyl (C=O) groups is 1. The Kier molecular flexibility index (Phi) is 13.4. The molecule has 4 fully saturated rings. The molecule has 4 rings (SSSR count). The van der Waals surface area contributed by atoms with Crippen LogP contribution in [0.4, 0.5) is 0 Å². The van der Waals surface area contributed by atoms with Crippen molar-refractivity contribution in [2.24, 2.45) is 0 Å². The van der Waals surface area contributed by atoms with Crippen LogP contribution >= 0.6 is 0 Å². The summed E-state index contributed by atoms with van der Waals surface area (Å²) in [7, 11) is 1.26. The van der Waals surface area contributed by atoms with Crippen LogP contribution in [0, 0.1) is 0 Å². The molecule has 0 radical (unpaired) electrons. The van der Waals surface area contributed by atoms with Crippen LogP contribution in [0.3, 0.4) is 0 Å². The van der Waals surface area contributed by atoms with Gasteiger partial charge in [-0.3, -0.25) is 4.79 Å². The molecule has 4 aliphatic rings. The van der Waals surface area contributed by atoms with Crippen molar-refractivity contribution in [2.75, 3.05) is 7.11 Å². The van der Waals surface area contributed by atoms with E-state index in [9.17, 15) is 50.8 Å². The lowest BCUT2D eigenvalue weighted by molar-refractivity contribution is -0.385. The topological polar surface area (TPSA) is 285 Å². The van der Waals surface area contributed by atoms with Crippen LogP contribution < -0.4 is 5.32 Å². The van der Waals surface area contributed by atoms with Crippen molar-refractivity contribution in [2.45, 2.75) is 176 Å². The Bertz CT molecular complexity index is 1080. The van der Waals surface area contributed by atoms with Crippen molar-refractivity contribution in [1.82, 2.24) is 5.32 Å². The summed E-state index contributed by atoms with van der Waals surface area (Å²) in [6, 6.07) is -0.970. The Morgan fingerprint density at radius 1 is 0.592 bits per heavy atom. The van der Waals surface area contributed by atoms with Crippen LogP contribution in [0.25, 0.3) is 0 Å². The van der Waals surface area contributed by atoms with Gasteiger partial charge in [-0.15, -0.1) is 0 Å². The molecule has 286 valence electrons. The molecule has 0 saturated carbocycles. The lowest BCUT2D eigenvalue weighted by atomic mass is 9.94. The van der Waals surface area contributed by atoms with E-state index in [0.717, 1.165) is 0 Å². The van der Waals surface area contributed by atoms with Crippen molar-refractivity contribution >= 4 is 5.91 Å². The second kappa shape index (κ2) is 16.2. The highest BCUT2D eigenvalue weighted by molar-refractivity contribution is 5.77. The van der Waals surface area contributed by atoms with Crippen LogP contribution in [-0.4, -0.2) is 187 Å². The first kappa shape index (κ1) is 40.6. The fraction of sp³-hybridized carbons (Fsp3) is 0.967. The van der Waals surface area contributed by atoms with Crippen LogP contribution in [-0.2, 0) is 42.7 Å². The zero-order chi connectivity index (χ0) is 36.7. The number of ether oxygens (including phenoxy) is 8. The molecule has 0 spiro atoms. The minimum absolute atomic E-state index is 0.246. The van der Waals surface area contributed by atoms with E-state index < -0.39 is 134 Å². The lowest BCUT2D eigenvalue weighted by Gasteiger charge is -2.49. The summed E-state index contributed by atoms with van der Waals surface area (Å²) in [5.41, 5.74) is -1.30. The maximum Gasteiger partial charge on any atom is 0.223 e. The van der Waals surface area contributed by atoms with Crippen LogP contribution in [0.2, 0.25) is 0 Å². The normalized spacial score (nSPS) is 49.8. The molecule has 0 aliphatic carbocycles. The number of aliphatic hydroxyl groups excluding tert-OH is 8. The number of amides is 1. The second-order valence-electron chi connectivity index (χ2n) is 13.9. The maximum absolute atomic E-state index is 12.5.